The minimum Gasteiger partial charge on any atom is -0.356 e. The van der Waals surface area contributed by atoms with Gasteiger partial charge >= 0.3 is 12.1 Å². The Hall–Kier alpha value is -2.64. The Morgan fingerprint density at radius 2 is 1.83 bits per heavy atom. The van der Waals surface area contributed by atoms with Crippen LogP contribution >= 0.6 is 11.6 Å². The van der Waals surface area contributed by atoms with Gasteiger partial charge in [-0.1, -0.05) is 39.3 Å². The van der Waals surface area contributed by atoms with Crippen LogP contribution in [-0.2, 0) is 24.0 Å². The fraction of sp³-hybridized carbons (Fsp3) is 0.762. The Kier molecular flexibility index (Phi) is 9.19. The topological polar surface area (TPSA) is 128 Å². The number of alkyl halides is 5. The second-order valence-electron chi connectivity index (χ2n) is 10.1. The summed E-state index contributed by atoms with van der Waals surface area (Å²) in [6, 6.07) is -2.86. The first-order valence-electron chi connectivity index (χ1n) is 11.3. The molecule has 2 fully saturated rings. The molecule has 2 saturated heterocycles. The lowest BCUT2D eigenvalue weighted by Crippen LogP contribution is -2.61. The molecule has 2 aliphatic rings. The average molecular weight is 544 g/mol. The molecule has 2 aliphatic heterocycles. The molecule has 204 valence electrons. The van der Waals surface area contributed by atoms with Gasteiger partial charge < -0.3 is 15.5 Å². The van der Waals surface area contributed by atoms with Crippen molar-refractivity contribution in [3.05, 3.63) is 0 Å². The molecule has 0 bridgehead atoms. The number of carbonyl (C=O) groups is 5. The zero-order valence-corrected chi connectivity index (χ0v) is 21.0. The Bertz CT molecular complexity index is 895. The molecule has 0 aromatic carbocycles. The zero-order valence-electron chi connectivity index (χ0n) is 20.2. The molecule has 5 amide bonds. The van der Waals surface area contributed by atoms with Gasteiger partial charge in [0.15, 0.2) is 0 Å². The summed E-state index contributed by atoms with van der Waals surface area (Å²) in [6.45, 7) is 6.02. The van der Waals surface area contributed by atoms with Crippen LogP contribution in [0.4, 0.5) is 17.6 Å². The van der Waals surface area contributed by atoms with Crippen molar-refractivity contribution in [2.24, 2.45) is 17.3 Å². The van der Waals surface area contributed by atoms with E-state index in [0.717, 1.165) is 4.90 Å². The van der Waals surface area contributed by atoms with E-state index in [4.69, 9.17) is 11.6 Å². The van der Waals surface area contributed by atoms with Crippen LogP contribution in [0, 0.1) is 17.3 Å². The number of hydrogen-bond acceptors (Lipinski definition) is 5. The average Bonchev–Trinajstić information content (AvgIpc) is 3.33. The maximum absolute atomic E-state index is 13.6. The third kappa shape index (κ3) is 7.20. The van der Waals surface area contributed by atoms with Crippen LogP contribution in [0.3, 0.4) is 0 Å². The third-order valence-corrected chi connectivity index (χ3v) is 6.19. The van der Waals surface area contributed by atoms with Gasteiger partial charge in [0.25, 0.3) is 17.4 Å². The molecule has 2 heterocycles. The van der Waals surface area contributed by atoms with E-state index in [1.54, 1.807) is 12.2 Å². The standard InChI is InChI=1S/C21H30ClF4N5O5/c1-10-7-12(16(33)29-31(18(35)14(22)23)9-11-5-6-27-15(11)32)30(8-10)17(34)13(20(2,3)4)28-19(36)21(24,25)26/h10-14H,5-9H2,1-4H3,(H,27,32)(H,28,36)(H,29,33)/t10-,11-,12-,13?,14?/m0/s1. The molecule has 0 aliphatic carbocycles. The van der Waals surface area contributed by atoms with Gasteiger partial charge in [0.1, 0.15) is 12.1 Å². The fourth-order valence-electron chi connectivity index (χ4n) is 4.12. The molecule has 0 aromatic rings. The van der Waals surface area contributed by atoms with Crippen LogP contribution in [-0.4, -0.2) is 83.0 Å². The second-order valence-corrected chi connectivity index (χ2v) is 10.5. The minimum absolute atomic E-state index is 0.00833. The van der Waals surface area contributed by atoms with Crippen molar-refractivity contribution in [2.45, 2.75) is 64.4 Å². The van der Waals surface area contributed by atoms with E-state index in [0.29, 0.717) is 18.0 Å². The van der Waals surface area contributed by atoms with Crippen LogP contribution in [0.1, 0.15) is 40.5 Å². The molecule has 0 saturated carbocycles. The van der Waals surface area contributed by atoms with Gasteiger partial charge in [-0.05, 0) is 24.2 Å². The number of halogens is 5. The van der Waals surface area contributed by atoms with Crippen LogP contribution in [0.2, 0.25) is 0 Å². The lowest BCUT2D eigenvalue weighted by molar-refractivity contribution is -0.176. The normalized spacial score (nSPS) is 24.1. The van der Waals surface area contributed by atoms with Gasteiger partial charge in [-0.2, -0.15) is 13.2 Å². The first-order valence-corrected chi connectivity index (χ1v) is 11.7. The summed E-state index contributed by atoms with van der Waals surface area (Å²) >= 11 is 5.26. The molecule has 3 N–H and O–H groups in total. The van der Waals surface area contributed by atoms with Crippen molar-refractivity contribution in [3.63, 3.8) is 0 Å². The van der Waals surface area contributed by atoms with E-state index in [1.165, 1.54) is 20.8 Å². The first kappa shape index (κ1) is 29.6. The van der Waals surface area contributed by atoms with Gasteiger partial charge in [0.2, 0.25) is 11.8 Å². The Labute approximate surface area is 210 Å². The largest absolute Gasteiger partial charge is 0.471 e. The summed E-state index contributed by atoms with van der Waals surface area (Å²) < 4.78 is 52.2. The molecule has 15 heteroatoms. The number of amides is 5. The predicted octanol–water partition coefficient (Wildman–Crippen LogP) is 0.847. The molecular weight excluding hydrogens is 514 g/mol. The molecule has 5 atom stereocenters. The molecule has 10 nitrogen and oxygen atoms in total. The highest BCUT2D eigenvalue weighted by molar-refractivity contribution is 6.29. The summed E-state index contributed by atoms with van der Waals surface area (Å²) in [6.07, 6.45) is -4.81. The Balaban J connectivity index is 2.26. The van der Waals surface area contributed by atoms with Crippen LogP contribution in [0.15, 0.2) is 0 Å². The van der Waals surface area contributed by atoms with E-state index < -0.39 is 64.8 Å². The lowest BCUT2D eigenvalue weighted by Gasteiger charge is -2.36. The molecule has 2 rings (SSSR count). The minimum atomic E-state index is -5.23. The third-order valence-electron chi connectivity index (χ3n) is 6.01. The van der Waals surface area contributed by atoms with Crippen molar-refractivity contribution in [1.29, 1.82) is 0 Å². The summed E-state index contributed by atoms with van der Waals surface area (Å²) in [7, 11) is 0. The maximum atomic E-state index is 13.6. The number of nitrogens with zero attached hydrogens (tertiary/aromatic N) is 2. The smallest absolute Gasteiger partial charge is 0.356 e. The molecule has 0 aromatic heterocycles. The highest BCUT2D eigenvalue weighted by Gasteiger charge is 2.48. The van der Waals surface area contributed by atoms with E-state index in [-0.39, 0.29) is 25.4 Å². The van der Waals surface area contributed by atoms with Crippen molar-refractivity contribution in [3.8, 4) is 0 Å². The van der Waals surface area contributed by atoms with E-state index in [9.17, 15) is 41.5 Å². The van der Waals surface area contributed by atoms with Gasteiger partial charge in [-0.25, -0.2) is 9.40 Å². The molecule has 0 spiro atoms. The zero-order chi connectivity index (χ0) is 27.6. The summed E-state index contributed by atoms with van der Waals surface area (Å²) in [5, 5.41) is 4.84. The number of likely N-dealkylation sites (tertiary alicyclic amines) is 1. The number of rotatable bonds is 6. The predicted molar refractivity (Wildman–Crippen MR) is 118 cm³/mol. The van der Waals surface area contributed by atoms with Crippen molar-refractivity contribution in [1.82, 2.24) is 26.0 Å². The molecule has 2 unspecified atom stereocenters. The van der Waals surface area contributed by atoms with Gasteiger partial charge in [-0.3, -0.25) is 29.4 Å². The monoisotopic (exact) mass is 543 g/mol. The quantitative estimate of drug-likeness (QED) is 0.260. The highest BCUT2D eigenvalue weighted by Crippen LogP contribution is 2.29. The van der Waals surface area contributed by atoms with Gasteiger partial charge in [-0.15, -0.1) is 0 Å². The number of carbonyl (C=O) groups excluding carboxylic acids is 5. The van der Waals surface area contributed by atoms with E-state index in [2.05, 4.69) is 10.7 Å². The van der Waals surface area contributed by atoms with Crippen LogP contribution < -0.4 is 16.1 Å². The highest BCUT2D eigenvalue weighted by atomic mass is 35.5. The molecule has 36 heavy (non-hydrogen) atoms. The summed E-state index contributed by atoms with van der Waals surface area (Å²) in [4.78, 5) is 63.2. The summed E-state index contributed by atoms with van der Waals surface area (Å²) in [5.74, 6) is -6.83. The van der Waals surface area contributed by atoms with E-state index >= 15 is 0 Å². The first-order chi connectivity index (χ1) is 16.4. The number of hydrogen-bond donors (Lipinski definition) is 3. The summed E-state index contributed by atoms with van der Waals surface area (Å²) in [5.41, 5.74) is -1.45. The SMILES string of the molecule is C[C@H]1C[C@@H](C(=O)NN(C[C@@H]2CCNC2=O)C(=O)C(F)Cl)N(C(=O)C(NC(=O)C(F)(F)F)C(C)(C)C)C1. The van der Waals surface area contributed by atoms with Crippen molar-refractivity contribution in [2.75, 3.05) is 19.6 Å². The fourth-order valence-corrected chi connectivity index (χ4v) is 4.24. The Morgan fingerprint density at radius 1 is 1.22 bits per heavy atom. The van der Waals surface area contributed by atoms with Crippen molar-refractivity contribution >= 4 is 41.1 Å². The maximum Gasteiger partial charge on any atom is 0.471 e. The van der Waals surface area contributed by atoms with Crippen molar-refractivity contribution < 1.29 is 41.5 Å². The molecule has 0 radical (unpaired) electrons. The Morgan fingerprint density at radius 3 is 2.31 bits per heavy atom. The molecular formula is C21H30ClF4N5O5. The lowest BCUT2D eigenvalue weighted by atomic mass is 9.85. The van der Waals surface area contributed by atoms with Gasteiger partial charge in [0, 0.05) is 13.1 Å². The van der Waals surface area contributed by atoms with Gasteiger partial charge in [0.05, 0.1) is 12.5 Å². The number of nitrogens with one attached hydrogen (secondary N) is 3. The number of hydrazine groups is 1. The second kappa shape index (κ2) is 11.2. The van der Waals surface area contributed by atoms with E-state index in [1.807, 2.05) is 0 Å². The van der Waals surface area contributed by atoms with Crippen LogP contribution in [0.5, 0.6) is 0 Å². The van der Waals surface area contributed by atoms with Crippen LogP contribution in [0.25, 0.3) is 0 Å².